The maximum atomic E-state index is 9.31. The van der Waals surface area contributed by atoms with Gasteiger partial charge in [-0.15, -0.1) is 0 Å². The molecule has 0 fully saturated rings. The van der Waals surface area contributed by atoms with Crippen molar-refractivity contribution >= 4 is 5.82 Å². The zero-order chi connectivity index (χ0) is 14.5. The number of hydrogen-bond donors (Lipinski definition) is 1. The Kier molecular flexibility index (Phi) is 4.69. The number of aryl methyl sites for hydroxylation is 2. The summed E-state index contributed by atoms with van der Waals surface area (Å²) in [4.78, 5) is 11.3. The van der Waals surface area contributed by atoms with E-state index in [1.165, 1.54) is 0 Å². The summed E-state index contributed by atoms with van der Waals surface area (Å²) >= 11 is 0. The highest BCUT2D eigenvalue weighted by atomic mass is 16.3. The maximum Gasteiger partial charge on any atom is 0.129 e. The van der Waals surface area contributed by atoms with Crippen molar-refractivity contribution in [1.29, 1.82) is 0 Å². The number of aliphatic hydroxyl groups excluding tert-OH is 1. The largest absolute Gasteiger partial charge is 0.392 e. The molecule has 0 atom stereocenters. The number of anilines is 1. The third kappa shape index (κ3) is 3.54. The normalized spacial score (nSPS) is 10.6. The van der Waals surface area contributed by atoms with Gasteiger partial charge in [0.25, 0.3) is 0 Å². The summed E-state index contributed by atoms with van der Waals surface area (Å²) in [6.07, 6.45) is 0. The Labute approximate surface area is 120 Å². The van der Waals surface area contributed by atoms with Crippen LogP contribution in [-0.2, 0) is 13.2 Å². The molecule has 106 valence electrons. The fraction of sp³-hybridized carbons (Fsp3) is 0.375. The number of rotatable bonds is 5. The molecule has 0 spiro atoms. The van der Waals surface area contributed by atoms with Gasteiger partial charge >= 0.3 is 0 Å². The molecule has 0 unspecified atom stereocenters. The summed E-state index contributed by atoms with van der Waals surface area (Å²) in [5.41, 5.74) is 3.86. The summed E-state index contributed by atoms with van der Waals surface area (Å²) < 4.78 is 0. The second-order valence-corrected chi connectivity index (χ2v) is 4.92. The lowest BCUT2D eigenvalue weighted by atomic mass is 10.2. The summed E-state index contributed by atoms with van der Waals surface area (Å²) in [5.74, 6) is 0.889. The number of pyridine rings is 2. The van der Waals surface area contributed by atoms with Crippen LogP contribution in [0, 0.1) is 13.8 Å². The Hall–Kier alpha value is -1.94. The van der Waals surface area contributed by atoms with Gasteiger partial charge in [-0.3, -0.25) is 4.98 Å². The van der Waals surface area contributed by atoms with Gasteiger partial charge in [-0.1, -0.05) is 6.07 Å². The first-order valence-electron chi connectivity index (χ1n) is 6.88. The molecule has 0 amide bonds. The van der Waals surface area contributed by atoms with E-state index in [2.05, 4.69) is 21.8 Å². The van der Waals surface area contributed by atoms with Crippen molar-refractivity contribution in [2.24, 2.45) is 0 Å². The molecule has 2 rings (SSSR count). The van der Waals surface area contributed by atoms with Crippen LogP contribution in [0.2, 0.25) is 0 Å². The van der Waals surface area contributed by atoms with Crippen molar-refractivity contribution in [1.82, 2.24) is 9.97 Å². The predicted octanol–water partition coefficient (Wildman–Crippen LogP) is 2.61. The van der Waals surface area contributed by atoms with E-state index in [0.717, 1.165) is 41.6 Å². The van der Waals surface area contributed by atoms with Crippen molar-refractivity contribution in [3.05, 3.63) is 53.0 Å². The van der Waals surface area contributed by atoms with Crippen LogP contribution >= 0.6 is 0 Å². The first-order chi connectivity index (χ1) is 9.62. The average molecular weight is 271 g/mol. The zero-order valence-corrected chi connectivity index (χ0v) is 12.3. The molecule has 2 aromatic rings. The minimum absolute atomic E-state index is 0.0383. The van der Waals surface area contributed by atoms with Gasteiger partial charge < -0.3 is 10.0 Å². The van der Waals surface area contributed by atoms with Crippen LogP contribution in [0.1, 0.15) is 29.6 Å². The van der Waals surface area contributed by atoms with E-state index in [9.17, 15) is 5.11 Å². The molecule has 0 aliphatic carbocycles. The van der Waals surface area contributed by atoms with Gasteiger partial charge in [-0.2, -0.15) is 0 Å². The van der Waals surface area contributed by atoms with Gasteiger partial charge in [0.15, 0.2) is 0 Å². The highest BCUT2D eigenvalue weighted by molar-refractivity contribution is 5.42. The second kappa shape index (κ2) is 6.48. The van der Waals surface area contributed by atoms with Gasteiger partial charge in [-0.25, -0.2) is 4.98 Å². The van der Waals surface area contributed by atoms with Crippen LogP contribution in [0.5, 0.6) is 0 Å². The van der Waals surface area contributed by atoms with E-state index >= 15 is 0 Å². The molecule has 0 saturated heterocycles. The molecule has 0 saturated carbocycles. The summed E-state index contributed by atoms with van der Waals surface area (Å²) in [5, 5.41) is 9.31. The fourth-order valence-electron chi connectivity index (χ4n) is 2.21. The molecule has 2 heterocycles. The van der Waals surface area contributed by atoms with E-state index in [4.69, 9.17) is 0 Å². The molecule has 20 heavy (non-hydrogen) atoms. The lowest BCUT2D eigenvalue weighted by Crippen LogP contribution is -2.24. The molecular formula is C16H21N3O. The maximum absolute atomic E-state index is 9.31. The summed E-state index contributed by atoms with van der Waals surface area (Å²) in [7, 11) is 0. The minimum Gasteiger partial charge on any atom is -0.392 e. The van der Waals surface area contributed by atoms with Crippen molar-refractivity contribution in [2.45, 2.75) is 33.9 Å². The van der Waals surface area contributed by atoms with Crippen molar-refractivity contribution < 1.29 is 5.11 Å². The third-order valence-corrected chi connectivity index (χ3v) is 3.19. The van der Waals surface area contributed by atoms with Crippen molar-refractivity contribution in [2.75, 3.05) is 11.4 Å². The lowest BCUT2D eigenvalue weighted by Gasteiger charge is -2.22. The van der Waals surface area contributed by atoms with E-state index in [1.807, 2.05) is 44.2 Å². The van der Waals surface area contributed by atoms with Crippen LogP contribution < -0.4 is 4.90 Å². The Bertz CT molecular complexity index is 584. The van der Waals surface area contributed by atoms with Crippen LogP contribution in [0.25, 0.3) is 0 Å². The first-order valence-corrected chi connectivity index (χ1v) is 6.88. The molecule has 2 aromatic heterocycles. The van der Waals surface area contributed by atoms with Crippen molar-refractivity contribution in [3.63, 3.8) is 0 Å². The smallest absolute Gasteiger partial charge is 0.129 e. The number of hydrogen-bond acceptors (Lipinski definition) is 4. The number of aromatic nitrogens is 2. The molecule has 0 aromatic carbocycles. The Morgan fingerprint density at radius 3 is 2.55 bits per heavy atom. The number of aliphatic hydroxyl groups is 1. The van der Waals surface area contributed by atoms with Gasteiger partial charge in [-0.05, 0) is 50.6 Å². The van der Waals surface area contributed by atoms with Gasteiger partial charge in [0.05, 0.1) is 18.8 Å². The zero-order valence-electron chi connectivity index (χ0n) is 12.3. The molecule has 0 aliphatic rings. The molecule has 4 heteroatoms. The molecule has 0 radical (unpaired) electrons. The SMILES string of the molecule is CCN(Cc1cccc(C)n1)c1cc(CO)cc(C)n1. The monoisotopic (exact) mass is 271 g/mol. The van der Waals surface area contributed by atoms with Crippen LogP contribution in [0.15, 0.2) is 30.3 Å². The standard InChI is InChI=1S/C16H21N3O/c1-4-19(10-15-7-5-6-12(2)17-15)16-9-14(11-20)8-13(3)18-16/h5-9,20H,4,10-11H2,1-3H3. The van der Waals surface area contributed by atoms with Gasteiger partial charge in [0.1, 0.15) is 5.82 Å². The Morgan fingerprint density at radius 1 is 1.10 bits per heavy atom. The predicted molar refractivity (Wildman–Crippen MR) is 80.6 cm³/mol. The molecule has 1 N–H and O–H groups in total. The molecule has 0 aliphatic heterocycles. The van der Waals surface area contributed by atoms with Crippen LogP contribution in [0.4, 0.5) is 5.82 Å². The number of nitrogens with zero attached hydrogens (tertiary/aromatic N) is 3. The van der Waals surface area contributed by atoms with Crippen LogP contribution in [-0.4, -0.2) is 21.6 Å². The van der Waals surface area contributed by atoms with E-state index in [-0.39, 0.29) is 6.61 Å². The van der Waals surface area contributed by atoms with E-state index in [1.54, 1.807) is 0 Å². The molecule has 0 bridgehead atoms. The molecular weight excluding hydrogens is 250 g/mol. The Balaban J connectivity index is 2.26. The molecule has 4 nitrogen and oxygen atoms in total. The van der Waals surface area contributed by atoms with Gasteiger partial charge in [0, 0.05) is 17.9 Å². The second-order valence-electron chi connectivity index (χ2n) is 4.92. The minimum atomic E-state index is 0.0383. The fourth-order valence-corrected chi connectivity index (χ4v) is 2.21. The summed E-state index contributed by atoms with van der Waals surface area (Å²) in [6.45, 7) is 7.64. The highest BCUT2D eigenvalue weighted by Gasteiger charge is 2.09. The first kappa shape index (κ1) is 14.5. The topological polar surface area (TPSA) is 49.2 Å². The van der Waals surface area contributed by atoms with Crippen molar-refractivity contribution in [3.8, 4) is 0 Å². The quantitative estimate of drug-likeness (QED) is 0.908. The average Bonchev–Trinajstić information content (AvgIpc) is 2.44. The summed E-state index contributed by atoms with van der Waals surface area (Å²) in [6, 6.07) is 9.88. The third-order valence-electron chi connectivity index (χ3n) is 3.19. The van der Waals surface area contributed by atoms with E-state index < -0.39 is 0 Å². The lowest BCUT2D eigenvalue weighted by molar-refractivity contribution is 0.281. The highest BCUT2D eigenvalue weighted by Crippen LogP contribution is 2.17. The van der Waals surface area contributed by atoms with Crippen LogP contribution in [0.3, 0.4) is 0 Å². The van der Waals surface area contributed by atoms with E-state index in [0.29, 0.717) is 0 Å². The van der Waals surface area contributed by atoms with Gasteiger partial charge in [0.2, 0.25) is 0 Å². The Morgan fingerprint density at radius 2 is 1.90 bits per heavy atom.